The number of aliphatic hydroxyl groups is 1. The Morgan fingerprint density at radius 1 is 1.57 bits per heavy atom. The van der Waals surface area contributed by atoms with Crippen molar-refractivity contribution in [2.45, 2.75) is 25.1 Å². The molecule has 1 fully saturated rings. The zero-order chi connectivity index (χ0) is 14.7. The highest BCUT2D eigenvalue weighted by Gasteiger charge is 2.26. The van der Waals surface area contributed by atoms with Crippen LogP contribution in [0.15, 0.2) is 23.7 Å². The Balaban J connectivity index is 1.63. The summed E-state index contributed by atoms with van der Waals surface area (Å²) in [5.41, 5.74) is 5.69. The molecule has 0 radical (unpaired) electrons. The molecule has 0 amide bonds. The molecule has 3 rings (SSSR count). The Kier molecular flexibility index (Phi) is 4.87. The highest BCUT2D eigenvalue weighted by Crippen LogP contribution is 2.27. The standard InChI is InChI=1S/C14H19N3O2S2/c15-14-16-7-11(21-14)8-17-3-4-19-9-10(17)6-12(18)13-2-1-5-20-13/h1-2,5,7,10,12,18H,3-4,6,8-9H2,(H2,15,16). The van der Waals surface area contributed by atoms with Crippen LogP contribution in [0.1, 0.15) is 22.3 Å². The fourth-order valence-electron chi connectivity index (χ4n) is 2.57. The van der Waals surface area contributed by atoms with Gasteiger partial charge in [-0.1, -0.05) is 6.07 Å². The fourth-order valence-corrected chi connectivity index (χ4v) is 4.00. The average molecular weight is 325 g/mol. The lowest BCUT2D eigenvalue weighted by Gasteiger charge is -2.36. The number of hydrogen-bond donors (Lipinski definition) is 2. The first-order valence-corrected chi connectivity index (χ1v) is 8.65. The first-order chi connectivity index (χ1) is 10.2. The molecule has 114 valence electrons. The van der Waals surface area contributed by atoms with Gasteiger partial charge in [0.15, 0.2) is 5.13 Å². The Morgan fingerprint density at radius 3 is 3.19 bits per heavy atom. The molecule has 1 aliphatic heterocycles. The molecule has 1 aliphatic rings. The van der Waals surface area contributed by atoms with E-state index in [0.717, 1.165) is 29.5 Å². The molecule has 21 heavy (non-hydrogen) atoms. The number of aliphatic hydroxyl groups excluding tert-OH is 1. The molecule has 0 aromatic carbocycles. The first kappa shape index (κ1) is 14.9. The number of anilines is 1. The van der Waals surface area contributed by atoms with Crippen molar-refractivity contribution in [3.63, 3.8) is 0 Å². The molecule has 0 bridgehead atoms. The number of morpholine rings is 1. The summed E-state index contributed by atoms with van der Waals surface area (Å²) in [6, 6.07) is 4.17. The van der Waals surface area contributed by atoms with Crippen molar-refractivity contribution in [3.8, 4) is 0 Å². The smallest absolute Gasteiger partial charge is 0.180 e. The normalized spacial score (nSPS) is 21.5. The predicted molar refractivity (Wildman–Crippen MR) is 85.4 cm³/mol. The van der Waals surface area contributed by atoms with E-state index >= 15 is 0 Å². The SMILES string of the molecule is Nc1ncc(CN2CCOCC2CC(O)c2cccs2)s1. The van der Waals surface area contributed by atoms with Crippen LogP contribution in [0.4, 0.5) is 5.13 Å². The molecule has 2 unspecified atom stereocenters. The zero-order valence-electron chi connectivity index (χ0n) is 11.6. The third kappa shape index (κ3) is 3.81. The summed E-state index contributed by atoms with van der Waals surface area (Å²) in [4.78, 5) is 8.63. The third-order valence-corrected chi connectivity index (χ3v) is 5.43. The highest BCUT2D eigenvalue weighted by atomic mass is 32.1. The number of thiophene rings is 1. The molecule has 0 saturated carbocycles. The maximum Gasteiger partial charge on any atom is 0.180 e. The maximum atomic E-state index is 10.3. The molecule has 0 spiro atoms. The second-order valence-corrected chi connectivity index (χ2v) is 7.26. The van der Waals surface area contributed by atoms with E-state index in [4.69, 9.17) is 10.5 Å². The number of rotatable bonds is 5. The van der Waals surface area contributed by atoms with Crippen molar-refractivity contribution in [1.82, 2.24) is 9.88 Å². The lowest BCUT2D eigenvalue weighted by Crippen LogP contribution is -2.45. The number of nitrogens with two attached hydrogens (primary N) is 1. The van der Waals surface area contributed by atoms with E-state index in [1.165, 1.54) is 11.3 Å². The van der Waals surface area contributed by atoms with Crippen LogP contribution in [0.5, 0.6) is 0 Å². The minimum absolute atomic E-state index is 0.221. The van der Waals surface area contributed by atoms with E-state index in [2.05, 4.69) is 9.88 Å². The number of ether oxygens (including phenoxy) is 1. The van der Waals surface area contributed by atoms with E-state index in [-0.39, 0.29) is 6.04 Å². The number of nitrogens with zero attached hydrogens (tertiary/aromatic N) is 2. The van der Waals surface area contributed by atoms with Gasteiger partial charge in [-0.25, -0.2) is 4.98 Å². The van der Waals surface area contributed by atoms with Crippen LogP contribution in [0, 0.1) is 0 Å². The van der Waals surface area contributed by atoms with Gasteiger partial charge in [-0.15, -0.1) is 22.7 Å². The average Bonchev–Trinajstić information content (AvgIpc) is 3.13. The molecule has 0 aliphatic carbocycles. The van der Waals surface area contributed by atoms with Gasteiger partial charge in [0.2, 0.25) is 0 Å². The third-order valence-electron chi connectivity index (χ3n) is 3.65. The molecule has 3 heterocycles. The molecule has 1 saturated heterocycles. The highest BCUT2D eigenvalue weighted by molar-refractivity contribution is 7.15. The largest absolute Gasteiger partial charge is 0.388 e. The van der Waals surface area contributed by atoms with Crippen molar-refractivity contribution < 1.29 is 9.84 Å². The van der Waals surface area contributed by atoms with E-state index < -0.39 is 6.10 Å². The van der Waals surface area contributed by atoms with E-state index in [1.807, 2.05) is 23.7 Å². The summed E-state index contributed by atoms with van der Waals surface area (Å²) in [5.74, 6) is 0. The molecule has 5 nitrogen and oxygen atoms in total. The quantitative estimate of drug-likeness (QED) is 0.881. The summed E-state index contributed by atoms with van der Waals surface area (Å²) in [6.07, 6.45) is 2.10. The van der Waals surface area contributed by atoms with Crippen molar-refractivity contribution >= 4 is 27.8 Å². The minimum atomic E-state index is -0.425. The zero-order valence-corrected chi connectivity index (χ0v) is 13.3. The van der Waals surface area contributed by atoms with Gasteiger partial charge in [0.25, 0.3) is 0 Å². The molecule has 2 aromatic rings. The Morgan fingerprint density at radius 2 is 2.48 bits per heavy atom. The summed E-state index contributed by atoms with van der Waals surface area (Å²) in [6.45, 7) is 3.09. The minimum Gasteiger partial charge on any atom is -0.388 e. The molecule has 7 heteroatoms. The Hall–Kier alpha value is -0.990. The summed E-state index contributed by atoms with van der Waals surface area (Å²) < 4.78 is 5.59. The van der Waals surface area contributed by atoms with Crippen molar-refractivity contribution in [1.29, 1.82) is 0 Å². The van der Waals surface area contributed by atoms with Gasteiger partial charge in [0, 0.05) is 35.1 Å². The second-order valence-electron chi connectivity index (χ2n) is 5.13. The molecular weight excluding hydrogens is 306 g/mol. The summed E-state index contributed by atoms with van der Waals surface area (Å²) >= 11 is 3.12. The topological polar surface area (TPSA) is 71.6 Å². The summed E-state index contributed by atoms with van der Waals surface area (Å²) in [7, 11) is 0. The van der Waals surface area contributed by atoms with Gasteiger partial charge in [-0.05, 0) is 17.9 Å². The van der Waals surface area contributed by atoms with Crippen LogP contribution in [0.25, 0.3) is 0 Å². The predicted octanol–water partition coefficient (Wildman–Crippen LogP) is 2.11. The molecule has 2 aromatic heterocycles. The second kappa shape index (κ2) is 6.85. The first-order valence-electron chi connectivity index (χ1n) is 6.96. The van der Waals surface area contributed by atoms with Crippen LogP contribution in [-0.4, -0.2) is 40.8 Å². The van der Waals surface area contributed by atoms with Crippen LogP contribution in [-0.2, 0) is 11.3 Å². The van der Waals surface area contributed by atoms with Crippen LogP contribution >= 0.6 is 22.7 Å². The number of thiazole rings is 1. The molecular formula is C14H19N3O2S2. The van der Waals surface area contributed by atoms with Gasteiger partial charge >= 0.3 is 0 Å². The van der Waals surface area contributed by atoms with Crippen LogP contribution in [0.3, 0.4) is 0 Å². The van der Waals surface area contributed by atoms with E-state index in [1.54, 1.807) is 11.3 Å². The lowest BCUT2D eigenvalue weighted by atomic mass is 10.1. The Labute approximate surface area is 132 Å². The van der Waals surface area contributed by atoms with E-state index in [0.29, 0.717) is 18.2 Å². The van der Waals surface area contributed by atoms with Gasteiger partial charge in [-0.2, -0.15) is 0 Å². The van der Waals surface area contributed by atoms with Crippen molar-refractivity contribution in [2.24, 2.45) is 0 Å². The van der Waals surface area contributed by atoms with Gasteiger partial charge in [0.1, 0.15) is 0 Å². The van der Waals surface area contributed by atoms with Gasteiger partial charge in [-0.3, -0.25) is 4.90 Å². The molecule has 3 N–H and O–H groups in total. The van der Waals surface area contributed by atoms with Gasteiger partial charge < -0.3 is 15.6 Å². The number of aromatic nitrogens is 1. The van der Waals surface area contributed by atoms with Crippen LogP contribution < -0.4 is 5.73 Å². The number of nitrogen functional groups attached to an aromatic ring is 1. The molecule has 2 atom stereocenters. The van der Waals surface area contributed by atoms with Crippen LogP contribution in [0.2, 0.25) is 0 Å². The van der Waals surface area contributed by atoms with E-state index in [9.17, 15) is 5.11 Å². The lowest BCUT2D eigenvalue weighted by molar-refractivity contribution is -0.0292. The summed E-state index contributed by atoms with van der Waals surface area (Å²) in [5, 5.41) is 12.9. The Bertz CT molecular complexity index is 558. The fraction of sp³-hybridized carbons (Fsp3) is 0.500. The van der Waals surface area contributed by atoms with Gasteiger partial charge in [0.05, 0.1) is 19.3 Å². The maximum absolute atomic E-state index is 10.3. The van der Waals surface area contributed by atoms with Crippen molar-refractivity contribution in [3.05, 3.63) is 33.5 Å². The van der Waals surface area contributed by atoms with Crippen molar-refractivity contribution in [2.75, 3.05) is 25.5 Å². The monoisotopic (exact) mass is 325 g/mol. The number of hydrogen-bond acceptors (Lipinski definition) is 7.